The van der Waals surface area contributed by atoms with Crippen LogP contribution in [0.15, 0.2) is 17.5 Å². The van der Waals surface area contributed by atoms with Gasteiger partial charge in [-0.15, -0.1) is 11.3 Å². The van der Waals surface area contributed by atoms with Gasteiger partial charge in [0.15, 0.2) is 6.04 Å². The monoisotopic (exact) mass is 277 g/mol. The second-order valence-electron chi connectivity index (χ2n) is 4.08. The SMILES string of the molecule is CC(C)CS(=O)(=O)NC(C(=O)O)c1cccs1. The van der Waals surface area contributed by atoms with E-state index in [0.29, 0.717) is 4.88 Å². The molecule has 1 atom stereocenters. The van der Waals surface area contributed by atoms with Gasteiger partial charge in [-0.2, -0.15) is 4.72 Å². The standard InChI is InChI=1S/C10H15NO4S2/c1-7(2)6-17(14,15)11-9(10(12)13)8-4-3-5-16-8/h3-5,7,9,11H,6H2,1-2H3,(H,12,13). The average molecular weight is 277 g/mol. The molecule has 1 aromatic heterocycles. The Morgan fingerprint density at radius 2 is 2.18 bits per heavy atom. The van der Waals surface area contributed by atoms with Crippen molar-refractivity contribution in [3.63, 3.8) is 0 Å². The lowest BCUT2D eigenvalue weighted by molar-refractivity contribution is -0.139. The van der Waals surface area contributed by atoms with E-state index in [0.717, 1.165) is 0 Å². The van der Waals surface area contributed by atoms with E-state index in [1.54, 1.807) is 31.4 Å². The third-order valence-electron chi connectivity index (χ3n) is 1.92. The maximum atomic E-state index is 11.7. The molecule has 2 N–H and O–H groups in total. The van der Waals surface area contributed by atoms with Gasteiger partial charge < -0.3 is 5.11 Å². The first-order valence-electron chi connectivity index (χ1n) is 5.08. The first kappa shape index (κ1) is 14.1. The van der Waals surface area contributed by atoms with Crippen LogP contribution in [0.25, 0.3) is 0 Å². The summed E-state index contributed by atoms with van der Waals surface area (Å²) in [4.78, 5) is 11.5. The molecule has 0 saturated carbocycles. The molecule has 0 saturated heterocycles. The van der Waals surface area contributed by atoms with E-state index < -0.39 is 22.0 Å². The van der Waals surface area contributed by atoms with Crippen molar-refractivity contribution in [1.29, 1.82) is 0 Å². The van der Waals surface area contributed by atoms with Gasteiger partial charge in [-0.3, -0.25) is 4.79 Å². The van der Waals surface area contributed by atoms with Crippen molar-refractivity contribution in [2.45, 2.75) is 19.9 Å². The van der Waals surface area contributed by atoms with Gasteiger partial charge in [0, 0.05) is 4.88 Å². The second-order valence-corrected chi connectivity index (χ2v) is 6.86. The van der Waals surface area contributed by atoms with E-state index in [4.69, 9.17) is 5.11 Å². The molecule has 0 aliphatic heterocycles. The van der Waals surface area contributed by atoms with Crippen molar-refractivity contribution in [3.05, 3.63) is 22.4 Å². The van der Waals surface area contributed by atoms with E-state index in [1.165, 1.54) is 11.3 Å². The van der Waals surface area contributed by atoms with Gasteiger partial charge in [0.2, 0.25) is 10.0 Å². The lowest BCUT2D eigenvalue weighted by Gasteiger charge is -2.14. The number of thiophene rings is 1. The van der Waals surface area contributed by atoms with E-state index in [2.05, 4.69) is 4.72 Å². The zero-order valence-electron chi connectivity index (χ0n) is 9.58. The minimum absolute atomic E-state index is 0.0507. The molecule has 0 amide bonds. The number of carboxylic acids is 1. The van der Waals surface area contributed by atoms with Crippen LogP contribution in [0.2, 0.25) is 0 Å². The Labute approximate surface area is 105 Å². The number of rotatable bonds is 6. The molecule has 0 aromatic carbocycles. The van der Waals surface area contributed by atoms with E-state index in [1.807, 2.05) is 0 Å². The average Bonchev–Trinajstić information content (AvgIpc) is 2.64. The predicted molar refractivity (Wildman–Crippen MR) is 66.5 cm³/mol. The topological polar surface area (TPSA) is 83.5 Å². The number of hydrogen-bond acceptors (Lipinski definition) is 4. The molecule has 0 aliphatic rings. The van der Waals surface area contributed by atoms with Crippen molar-refractivity contribution < 1.29 is 18.3 Å². The Bertz CT molecular complexity index is 465. The fourth-order valence-corrected chi connectivity index (χ4v) is 3.75. The van der Waals surface area contributed by atoms with Gasteiger partial charge in [0.25, 0.3) is 0 Å². The maximum absolute atomic E-state index is 11.7. The highest BCUT2D eigenvalue weighted by Gasteiger charge is 2.26. The minimum Gasteiger partial charge on any atom is -0.480 e. The lowest BCUT2D eigenvalue weighted by Crippen LogP contribution is -2.35. The molecule has 1 unspecified atom stereocenters. The molecule has 0 aliphatic carbocycles. The molecule has 17 heavy (non-hydrogen) atoms. The van der Waals surface area contributed by atoms with Crippen molar-refractivity contribution >= 4 is 27.3 Å². The lowest BCUT2D eigenvalue weighted by atomic mass is 10.3. The fraction of sp³-hybridized carbons (Fsp3) is 0.500. The highest BCUT2D eigenvalue weighted by molar-refractivity contribution is 7.89. The number of carboxylic acid groups (broad SMARTS) is 1. The van der Waals surface area contributed by atoms with Crippen molar-refractivity contribution in [1.82, 2.24) is 4.72 Å². The summed E-state index contributed by atoms with van der Waals surface area (Å²) < 4.78 is 25.6. The minimum atomic E-state index is -3.58. The summed E-state index contributed by atoms with van der Waals surface area (Å²) in [5, 5.41) is 10.7. The first-order chi connectivity index (χ1) is 7.82. The van der Waals surface area contributed by atoms with Crippen LogP contribution in [-0.2, 0) is 14.8 Å². The van der Waals surface area contributed by atoms with Crippen LogP contribution in [0, 0.1) is 5.92 Å². The molecule has 96 valence electrons. The number of carbonyl (C=O) groups is 1. The molecule has 1 aromatic rings. The molecule has 0 bridgehead atoms. The van der Waals surface area contributed by atoms with Gasteiger partial charge in [-0.05, 0) is 17.4 Å². The quantitative estimate of drug-likeness (QED) is 0.824. The maximum Gasteiger partial charge on any atom is 0.327 e. The normalized spacial score (nSPS) is 13.8. The van der Waals surface area contributed by atoms with Crippen LogP contribution in [-0.4, -0.2) is 25.2 Å². The molecule has 1 heterocycles. The molecule has 0 spiro atoms. The Morgan fingerprint density at radius 1 is 1.53 bits per heavy atom. The summed E-state index contributed by atoms with van der Waals surface area (Å²) >= 11 is 1.21. The van der Waals surface area contributed by atoms with E-state index in [9.17, 15) is 13.2 Å². The highest BCUT2D eigenvalue weighted by atomic mass is 32.2. The Morgan fingerprint density at radius 3 is 2.59 bits per heavy atom. The molecular weight excluding hydrogens is 262 g/mol. The van der Waals surface area contributed by atoms with E-state index in [-0.39, 0.29) is 11.7 Å². The van der Waals surface area contributed by atoms with Gasteiger partial charge in [-0.25, -0.2) is 8.42 Å². The highest BCUT2D eigenvalue weighted by Crippen LogP contribution is 2.20. The number of aliphatic carboxylic acids is 1. The van der Waals surface area contributed by atoms with Crippen LogP contribution in [0.1, 0.15) is 24.8 Å². The summed E-state index contributed by atoms with van der Waals surface area (Å²) in [6.07, 6.45) is 0. The van der Waals surface area contributed by atoms with Crippen LogP contribution >= 0.6 is 11.3 Å². The second kappa shape index (κ2) is 5.61. The van der Waals surface area contributed by atoms with Crippen molar-refractivity contribution in [2.24, 2.45) is 5.92 Å². The predicted octanol–water partition coefficient (Wildman–Crippen LogP) is 1.45. The summed E-state index contributed by atoms with van der Waals surface area (Å²) in [5.41, 5.74) is 0. The van der Waals surface area contributed by atoms with Gasteiger partial charge in [0.05, 0.1) is 5.75 Å². The van der Waals surface area contributed by atoms with Gasteiger partial charge >= 0.3 is 5.97 Å². The Hall–Kier alpha value is -0.920. The number of hydrogen-bond donors (Lipinski definition) is 2. The van der Waals surface area contributed by atoms with Crippen LogP contribution in [0.5, 0.6) is 0 Å². The zero-order valence-corrected chi connectivity index (χ0v) is 11.2. The Balaban J connectivity index is 2.86. The Kier molecular flexibility index (Phi) is 4.67. The number of nitrogens with one attached hydrogen (secondary N) is 1. The fourth-order valence-electron chi connectivity index (χ4n) is 1.35. The van der Waals surface area contributed by atoms with Crippen molar-refractivity contribution in [3.8, 4) is 0 Å². The van der Waals surface area contributed by atoms with Gasteiger partial charge in [-0.1, -0.05) is 19.9 Å². The van der Waals surface area contributed by atoms with Crippen LogP contribution in [0.4, 0.5) is 0 Å². The number of sulfonamides is 1. The molecular formula is C10H15NO4S2. The summed E-state index contributed by atoms with van der Waals surface area (Å²) in [5.74, 6) is -1.33. The molecule has 5 nitrogen and oxygen atoms in total. The largest absolute Gasteiger partial charge is 0.480 e. The van der Waals surface area contributed by atoms with Crippen LogP contribution in [0.3, 0.4) is 0 Å². The smallest absolute Gasteiger partial charge is 0.327 e. The van der Waals surface area contributed by atoms with Gasteiger partial charge in [0.1, 0.15) is 0 Å². The molecule has 1 rings (SSSR count). The first-order valence-corrected chi connectivity index (χ1v) is 7.61. The van der Waals surface area contributed by atoms with E-state index >= 15 is 0 Å². The molecule has 0 radical (unpaired) electrons. The summed E-state index contributed by atoms with van der Waals surface area (Å²) in [7, 11) is -3.58. The van der Waals surface area contributed by atoms with Crippen molar-refractivity contribution in [2.75, 3.05) is 5.75 Å². The third-order valence-corrected chi connectivity index (χ3v) is 4.56. The molecule has 7 heteroatoms. The van der Waals surface area contributed by atoms with Crippen LogP contribution < -0.4 is 4.72 Å². The molecule has 0 fully saturated rings. The third kappa shape index (κ3) is 4.45. The summed E-state index contributed by atoms with van der Waals surface area (Å²) in [6.45, 7) is 3.53. The zero-order chi connectivity index (χ0) is 13.1. The summed E-state index contributed by atoms with van der Waals surface area (Å²) in [6, 6.07) is 2.09.